The molecule has 0 bridgehead atoms. The molecule has 0 atom stereocenters. The van der Waals surface area contributed by atoms with Crippen LogP contribution in [0.15, 0.2) is 89.3 Å². The summed E-state index contributed by atoms with van der Waals surface area (Å²) in [6, 6.07) is 24.7. The van der Waals surface area contributed by atoms with Gasteiger partial charge in [-0.3, -0.25) is 0 Å². The molecule has 0 radical (unpaired) electrons. The first-order chi connectivity index (χ1) is 23.5. The van der Waals surface area contributed by atoms with Crippen LogP contribution in [0.25, 0.3) is 76.9 Å². The summed E-state index contributed by atoms with van der Waals surface area (Å²) in [5.74, 6) is -7.53. The summed E-state index contributed by atoms with van der Waals surface area (Å²) in [4.78, 5) is 0. The number of hydrogen-bond acceptors (Lipinski definition) is 10. The maximum absolute atomic E-state index is 11.4. The second-order valence-electron chi connectivity index (χ2n) is 11.8. The van der Waals surface area contributed by atoms with Crippen molar-refractivity contribution in [1.82, 2.24) is 0 Å². The third-order valence-electron chi connectivity index (χ3n) is 9.25. The van der Waals surface area contributed by atoms with E-state index in [2.05, 4.69) is 0 Å². The molecule has 11 heteroatoms. The van der Waals surface area contributed by atoms with Gasteiger partial charge in [0.15, 0.2) is 23.0 Å². The number of phenolic OH excluding ortho intramolecular Hbond substituents is 9. The minimum absolute atomic E-state index is 0.0589. The number of benzene rings is 7. The lowest BCUT2D eigenvalue weighted by Crippen LogP contribution is -2.06. The normalized spacial score (nSPS) is 11.7. The van der Waals surface area contributed by atoms with E-state index in [1.807, 2.05) is 18.2 Å². The molecule has 0 aliphatic rings. The van der Waals surface area contributed by atoms with Crippen LogP contribution in [-0.2, 0) is 0 Å². The van der Waals surface area contributed by atoms with E-state index in [0.29, 0.717) is 54.6 Å². The Balaban J connectivity index is 1.65. The van der Waals surface area contributed by atoms with Crippen molar-refractivity contribution >= 4 is 56.8 Å². The van der Waals surface area contributed by atoms with E-state index < -0.39 is 51.7 Å². The first-order valence-electron chi connectivity index (χ1n) is 15.1. The Morgan fingerprint density at radius 1 is 0.347 bits per heavy atom. The molecule has 1 heterocycles. The smallest absolute Gasteiger partial charge is 0.208 e. The summed E-state index contributed by atoms with van der Waals surface area (Å²) in [5, 5.41) is 101. The predicted molar refractivity (Wildman–Crippen MR) is 188 cm³/mol. The van der Waals surface area contributed by atoms with Gasteiger partial charge in [-0.1, -0.05) is 66.7 Å². The van der Waals surface area contributed by atoms with Crippen LogP contribution in [0.5, 0.6) is 51.7 Å². The molecule has 1 aromatic heterocycles. The fraction of sp³-hybridized carbons (Fsp3) is 0. The largest absolute Gasteiger partial charge is 0.508 e. The van der Waals surface area contributed by atoms with Crippen molar-refractivity contribution in [2.24, 2.45) is 0 Å². The molecule has 49 heavy (non-hydrogen) atoms. The van der Waals surface area contributed by atoms with Gasteiger partial charge in [0.2, 0.25) is 23.0 Å². The van der Waals surface area contributed by atoms with Gasteiger partial charge in [0, 0.05) is 21.9 Å². The summed E-state index contributed by atoms with van der Waals surface area (Å²) in [6.07, 6.45) is 0. The second kappa shape index (κ2) is 10.3. The highest BCUT2D eigenvalue weighted by atomic mass is 16.4. The van der Waals surface area contributed by atoms with Crippen molar-refractivity contribution in [2.45, 2.75) is 0 Å². The van der Waals surface area contributed by atoms with E-state index in [1.54, 1.807) is 66.7 Å². The molecule has 0 aliphatic heterocycles. The van der Waals surface area contributed by atoms with E-state index in [4.69, 9.17) is 4.42 Å². The Kier molecular flexibility index (Phi) is 6.21. The highest BCUT2D eigenvalue weighted by Crippen LogP contribution is 2.59. The predicted octanol–water partition coefficient (Wildman–Crippen LogP) is 6.50. The van der Waals surface area contributed by atoms with Crippen molar-refractivity contribution in [3.8, 4) is 85.1 Å². The number of fused-ring (bicyclic) bond motifs is 5. The third kappa shape index (κ3) is 3.90. The van der Waals surface area contributed by atoms with Crippen molar-refractivity contribution in [3.63, 3.8) is 0 Å². The van der Waals surface area contributed by atoms with Gasteiger partial charge in [-0.25, -0.2) is 0 Å². The van der Waals surface area contributed by atoms with Gasteiger partial charge in [0.05, 0.1) is 11.1 Å². The highest BCUT2D eigenvalue weighted by molar-refractivity contribution is 6.38. The fourth-order valence-corrected chi connectivity index (χ4v) is 6.95. The van der Waals surface area contributed by atoms with Gasteiger partial charge in [-0.2, -0.15) is 0 Å². The monoisotopic (exact) mass is 652 g/mol. The molecular weight excluding hydrogens is 627 g/mol. The minimum Gasteiger partial charge on any atom is -0.508 e. The maximum Gasteiger partial charge on any atom is 0.208 e. The molecule has 7 aromatic carbocycles. The molecule has 0 aliphatic carbocycles. The van der Waals surface area contributed by atoms with E-state index in [9.17, 15) is 46.0 Å². The summed E-state index contributed by atoms with van der Waals surface area (Å²) >= 11 is 0. The van der Waals surface area contributed by atoms with Crippen molar-refractivity contribution in [3.05, 3.63) is 84.9 Å². The zero-order chi connectivity index (χ0) is 34.5. The van der Waals surface area contributed by atoms with Crippen LogP contribution in [0, 0.1) is 0 Å². The maximum atomic E-state index is 11.4. The zero-order valence-corrected chi connectivity index (χ0v) is 25.5. The Morgan fingerprint density at radius 3 is 1.33 bits per heavy atom. The van der Waals surface area contributed by atoms with Crippen molar-refractivity contribution in [2.75, 3.05) is 0 Å². The van der Waals surface area contributed by atoms with Crippen LogP contribution in [0.1, 0.15) is 0 Å². The fourth-order valence-electron chi connectivity index (χ4n) is 6.95. The van der Waals surface area contributed by atoms with Crippen molar-refractivity contribution in [1.29, 1.82) is 0 Å². The molecule has 0 saturated carbocycles. The Hall–Kier alpha value is -6.88. The molecule has 10 nitrogen and oxygen atoms in total. The molecular formula is C38H25BO10. The summed E-state index contributed by atoms with van der Waals surface area (Å²) < 4.78 is 6.26. The number of furan rings is 1. The quantitative estimate of drug-likeness (QED) is 0.0440. The number of phenols is 9. The molecule has 0 fully saturated rings. The molecule has 9 N–H and O–H groups in total. The summed E-state index contributed by atoms with van der Waals surface area (Å²) in [5.41, 5.74) is 2.05. The number of hydrogen-bond donors (Lipinski definition) is 9. The molecule has 240 valence electrons. The van der Waals surface area contributed by atoms with Crippen LogP contribution in [0.2, 0.25) is 0 Å². The Labute approximate surface area is 276 Å². The second-order valence-corrected chi connectivity index (χ2v) is 11.8. The van der Waals surface area contributed by atoms with Crippen molar-refractivity contribution < 1.29 is 50.4 Å². The molecule has 0 saturated heterocycles. The van der Waals surface area contributed by atoms with E-state index in [1.165, 1.54) is 7.85 Å². The van der Waals surface area contributed by atoms with Crippen LogP contribution in [0.3, 0.4) is 0 Å². The van der Waals surface area contributed by atoms with Gasteiger partial charge in [-0.15, -0.1) is 0 Å². The highest BCUT2D eigenvalue weighted by Gasteiger charge is 2.31. The molecule has 8 rings (SSSR count). The SMILES string of the molecule is Bc1c(O)c(O)c(O)c(-c2ccc3oc4ccccc4c3c2-c2c3ccccc3c(-c3c(O)c(O)c(O)c(O)c3O)c3ccccc23)c1O. The lowest BCUT2D eigenvalue weighted by Gasteiger charge is -2.22. The number of para-hydroxylation sites is 1. The molecule has 0 spiro atoms. The van der Waals surface area contributed by atoms with Crippen LogP contribution in [-0.4, -0.2) is 53.8 Å². The topological polar surface area (TPSA) is 195 Å². The minimum atomic E-state index is -1.08. The van der Waals surface area contributed by atoms with Crippen LogP contribution >= 0.6 is 0 Å². The summed E-state index contributed by atoms with van der Waals surface area (Å²) in [6.45, 7) is 0. The standard InChI is InChI=1S/C38H25BO10/c39-29-30(40)27(31(41)35(45)34(29)44)20-13-14-22-25(19-11-5-6-12-21(19)49-22)26(20)23-15-7-1-3-9-17(15)24(18-10-4-2-8-16(18)23)28-32(42)36(46)38(48)37(47)33(28)43/h1-14,40-48H,39H2. The molecule has 0 amide bonds. The number of rotatable bonds is 3. The third-order valence-corrected chi connectivity index (χ3v) is 9.25. The van der Waals surface area contributed by atoms with E-state index >= 15 is 0 Å². The van der Waals surface area contributed by atoms with Gasteiger partial charge < -0.3 is 50.4 Å². The Bertz CT molecular complexity index is 2620. The lowest BCUT2D eigenvalue weighted by molar-refractivity contribution is 0.330. The average molecular weight is 652 g/mol. The van der Waals surface area contributed by atoms with Gasteiger partial charge in [0.1, 0.15) is 24.8 Å². The summed E-state index contributed by atoms with van der Waals surface area (Å²) in [7, 11) is 1.40. The molecule has 8 aromatic rings. The average Bonchev–Trinajstić information content (AvgIpc) is 3.50. The van der Waals surface area contributed by atoms with E-state index in [0.717, 1.165) is 0 Å². The van der Waals surface area contributed by atoms with Gasteiger partial charge in [0.25, 0.3) is 0 Å². The first-order valence-corrected chi connectivity index (χ1v) is 15.1. The van der Waals surface area contributed by atoms with Crippen LogP contribution in [0.4, 0.5) is 0 Å². The number of aromatic hydroxyl groups is 9. The van der Waals surface area contributed by atoms with Crippen LogP contribution < -0.4 is 5.46 Å². The van der Waals surface area contributed by atoms with Gasteiger partial charge >= 0.3 is 0 Å². The first kappa shape index (κ1) is 29.5. The van der Waals surface area contributed by atoms with Gasteiger partial charge in [-0.05, 0) is 56.3 Å². The van der Waals surface area contributed by atoms with E-state index in [-0.39, 0.29) is 27.7 Å². The lowest BCUT2D eigenvalue weighted by atomic mass is 9.80. The Morgan fingerprint density at radius 2 is 0.776 bits per heavy atom. The zero-order valence-electron chi connectivity index (χ0n) is 25.5. The molecule has 0 unspecified atom stereocenters.